The molecule has 2 aromatic carbocycles. The summed E-state index contributed by atoms with van der Waals surface area (Å²) < 4.78 is 26.6. The molecule has 0 spiro atoms. The van der Waals surface area contributed by atoms with Gasteiger partial charge in [-0.3, -0.25) is 10.1 Å². The number of aromatic nitrogens is 1. The molecule has 6 nitrogen and oxygen atoms in total. The van der Waals surface area contributed by atoms with Gasteiger partial charge in [-0.2, -0.15) is 0 Å². The smallest absolute Gasteiger partial charge is 0.259 e. The highest BCUT2D eigenvalue weighted by molar-refractivity contribution is 7.89. The molecule has 0 aliphatic carbocycles. The third-order valence-corrected chi connectivity index (χ3v) is 6.88. The van der Waals surface area contributed by atoms with Crippen molar-refractivity contribution in [2.45, 2.75) is 11.8 Å². The molecule has 3 aromatic rings. The van der Waals surface area contributed by atoms with E-state index >= 15 is 0 Å². The van der Waals surface area contributed by atoms with Crippen LogP contribution in [0, 0.1) is 6.92 Å². The van der Waals surface area contributed by atoms with Crippen molar-refractivity contribution in [2.75, 3.05) is 19.4 Å². The van der Waals surface area contributed by atoms with Crippen molar-refractivity contribution >= 4 is 54.2 Å². The number of halogens is 1. The van der Waals surface area contributed by atoms with E-state index in [1.54, 1.807) is 0 Å². The molecular formula is C17H16ClN3O3S2. The Morgan fingerprint density at radius 2 is 1.96 bits per heavy atom. The first-order valence-corrected chi connectivity index (χ1v) is 10.2. The van der Waals surface area contributed by atoms with E-state index in [0.29, 0.717) is 5.13 Å². The van der Waals surface area contributed by atoms with Gasteiger partial charge in [0, 0.05) is 14.1 Å². The number of carbonyl (C=O) groups excluding carboxylic acids is 1. The zero-order valence-corrected chi connectivity index (χ0v) is 16.7. The Morgan fingerprint density at radius 3 is 2.62 bits per heavy atom. The second-order valence-corrected chi connectivity index (χ2v) is 9.41. The minimum atomic E-state index is -3.67. The van der Waals surface area contributed by atoms with Gasteiger partial charge in [-0.05, 0) is 36.8 Å². The molecule has 0 aliphatic rings. The number of aryl methyl sites for hydroxylation is 1. The van der Waals surface area contributed by atoms with Crippen molar-refractivity contribution in [3.05, 3.63) is 52.5 Å². The maximum absolute atomic E-state index is 12.6. The Kier molecular flexibility index (Phi) is 5.03. The van der Waals surface area contributed by atoms with Crippen molar-refractivity contribution in [3.8, 4) is 0 Å². The number of nitrogens with zero attached hydrogens (tertiary/aromatic N) is 2. The van der Waals surface area contributed by atoms with E-state index in [9.17, 15) is 13.2 Å². The first-order valence-electron chi connectivity index (χ1n) is 7.60. The molecule has 1 aromatic heterocycles. The zero-order chi connectivity index (χ0) is 19.1. The first kappa shape index (κ1) is 18.8. The quantitative estimate of drug-likeness (QED) is 0.711. The van der Waals surface area contributed by atoms with Gasteiger partial charge in [0.1, 0.15) is 0 Å². The number of sulfonamides is 1. The summed E-state index contributed by atoms with van der Waals surface area (Å²) in [4.78, 5) is 17.0. The van der Waals surface area contributed by atoms with Crippen molar-refractivity contribution in [2.24, 2.45) is 0 Å². The number of fused-ring (bicyclic) bond motifs is 1. The molecule has 136 valence electrons. The number of carbonyl (C=O) groups is 1. The van der Waals surface area contributed by atoms with Crippen molar-refractivity contribution in [3.63, 3.8) is 0 Å². The Morgan fingerprint density at radius 1 is 1.23 bits per heavy atom. The van der Waals surface area contributed by atoms with Crippen LogP contribution in [0.5, 0.6) is 0 Å². The lowest BCUT2D eigenvalue weighted by Gasteiger charge is -2.13. The molecule has 0 aliphatic heterocycles. The molecule has 1 heterocycles. The highest BCUT2D eigenvalue weighted by Crippen LogP contribution is 2.29. The summed E-state index contributed by atoms with van der Waals surface area (Å²) in [5, 5.41) is 3.29. The van der Waals surface area contributed by atoms with Crippen LogP contribution in [0.25, 0.3) is 10.2 Å². The standard InChI is InChI=1S/C17H16ClN3O3S2/c1-10-5-4-6-14-15(10)19-17(25-14)20-16(22)12-9-11(7-8-13(12)18)26(23,24)21(2)3/h4-9H,1-3H3,(H,19,20,22). The molecule has 1 N–H and O–H groups in total. The van der Waals surface area contributed by atoms with Gasteiger partial charge in [0.25, 0.3) is 5.91 Å². The Hall–Kier alpha value is -2.00. The lowest BCUT2D eigenvalue weighted by atomic mass is 10.2. The summed E-state index contributed by atoms with van der Waals surface area (Å²) in [5.74, 6) is -0.512. The summed E-state index contributed by atoms with van der Waals surface area (Å²) >= 11 is 7.45. The summed E-state index contributed by atoms with van der Waals surface area (Å²) in [6.07, 6.45) is 0. The number of rotatable bonds is 4. The van der Waals surface area contributed by atoms with Crippen LogP contribution in [0.2, 0.25) is 5.02 Å². The Labute approximate surface area is 160 Å². The molecule has 0 bridgehead atoms. The van der Waals surface area contributed by atoms with Gasteiger partial charge >= 0.3 is 0 Å². The van der Waals surface area contributed by atoms with Crippen molar-refractivity contribution in [1.29, 1.82) is 0 Å². The zero-order valence-electron chi connectivity index (χ0n) is 14.3. The fraction of sp³-hybridized carbons (Fsp3) is 0.176. The normalized spacial score (nSPS) is 11.9. The molecule has 0 saturated heterocycles. The molecule has 0 atom stereocenters. The molecule has 1 amide bonds. The number of amides is 1. The van der Waals surface area contributed by atoms with Crippen LogP contribution in [0.3, 0.4) is 0 Å². The summed E-state index contributed by atoms with van der Waals surface area (Å²) in [6.45, 7) is 1.94. The monoisotopic (exact) mass is 409 g/mol. The molecule has 26 heavy (non-hydrogen) atoms. The summed E-state index contributed by atoms with van der Waals surface area (Å²) in [5.41, 5.74) is 1.91. The number of benzene rings is 2. The third-order valence-electron chi connectivity index (χ3n) is 3.80. The fourth-order valence-electron chi connectivity index (χ4n) is 2.35. The average molecular weight is 410 g/mol. The molecule has 0 unspecified atom stereocenters. The predicted octanol–water partition coefficient (Wildman–Crippen LogP) is 3.76. The van der Waals surface area contributed by atoms with Crippen molar-refractivity contribution in [1.82, 2.24) is 9.29 Å². The van der Waals surface area contributed by atoms with E-state index < -0.39 is 15.9 Å². The van der Waals surface area contributed by atoms with Gasteiger partial charge in [0.2, 0.25) is 10.0 Å². The molecule has 9 heteroatoms. The third kappa shape index (κ3) is 3.45. The molecule has 0 saturated carbocycles. The molecule has 0 fully saturated rings. The maximum atomic E-state index is 12.6. The van der Waals surface area contributed by atoms with E-state index in [4.69, 9.17) is 11.6 Å². The van der Waals surface area contributed by atoms with Gasteiger partial charge in [0.05, 0.1) is 25.7 Å². The first-order chi connectivity index (χ1) is 12.2. The molecule has 3 rings (SSSR count). The van der Waals surface area contributed by atoms with E-state index in [1.807, 2.05) is 25.1 Å². The highest BCUT2D eigenvalue weighted by Gasteiger charge is 2.21. The van der Waals surface area contributed by atoms with Crippen LogP contribution < -0.4 is 5.32 Å². The minimum absolute atomic E-state index is 0.00260. The molecule has 0 radical (unpaired) electrons. The number of thiazole rings is 1. The minimum Gasteiger partial charge on any atom is -0.298 e. The van der Waals surface area contributed by atoms with Crippen LogP contribution in [0.15, 0.2) is 41.3 Å². The van der Waals surface area contributed by atoms with E-state index in [-0.39, 0.29) is 15.5 Å². The summed E-state index contributed by atoms with van der Waals surface area (Å²) in [6, 6.07) is 9.83. The lowest BCUT2D eigenvalue weighted by molar-refractivity contribution is 0.102. The number of nitrogens with one attached hydrogen (secondary N) is 1. The number of hydrogen-bond donors (Lipinski definition) is 1. The largest absolute Gasteiger partial charge is 0.298 e. The lowest BCUT2D eigenvalue weighted by Crippen LogP contribution is -2.23. The fourth-order valence-corrected chi connectivity index (χ4v) is 4.42. The number of anilines is 1. The van der Waals surface area contributed by atoms with Crippen LogP contribution in [-0.2, 0) is 10.0 Å². The van der Waals surface area contributed by atoms with Gasteiger partial charge in [-0.25, -0.2) is 17.7 Å². The van der Waals surface area contributed by atoms with E-state index in [2.05, 4.69) is 10.3 Å². The van der Waals surface area contributed by atoms with Gasteiger partial charge < -0.3 is 0 Å². The van der Waals surface area contributed by atoms with E-state index in [1.165, 1.54) is 43.6 Å². The predicted molar refractivity (Wildman–Crippen MR) is 105 cm³/mol. The maximum Gasteiger partial charge on any atom is 0.259 e. The Balaban J connectivity index is 1.95. The van der Waals surface area contributed by atoms with Gasteiger partial charge in [-0.1, -0.05) is 35.1 Å². The topological polar surface area (TPSA) is 79.4 Å². The van der Waals surface area contributed by atoms with Crippen molar-refractivity contribution < 1.29 is 13.2 Å². The average Bonchev–Trinajstić information content (AvgIpc) is 2.98. The highest BCUT2D eigenvalue weighted by atomic mass is 35.5. The number of hydrogen-bond acceptors (Lipinski definition) is 5. The second-order valence-electron chi connectivity index (χ2n) is 5.82. The second kappa shape index (κ2) is 6.96. The van der Waals surface area contributed by atoms with E-state index in [0.717, 1.165) is 20.1 Å². The Bertz CT molecular complexity index is 1110. The van der Waals surface area contributed by atoms with Crippen LogP contribution in [0.1, 0.15) is 15.9 Å². The van der Waals surface area contributed by atoms with Crippen LogP contribution in [-0.4, -0.2) is 37.7 Å². The van der Waals surface area contributed by atoms with Gasteiger partial charge in [-0.15, -0.1) is 0 Å². The van der Waals surface area contributed by atoms with Crippen LogP contribution >= 0.6 is 22.9 Å². The summed E-state index contributed by atoms with van der Waals surface area (Å²) in [7, 11) is -0.819. The molecular weight excluding hydrogens is 394 g/mol. The van der Waals surface area contributed by atoms with Crippen LogP contribution in [0.4, 0.5) is 5.13 Å². The van der Waals surface area contributed by atoms with Gasteiger partial charge in [0.15, 0.2) is 5.13 Å². The number of para-hydroxylation sites is 1. The SMILES string of the molecule is Cc1cccc2sc(NC(=O)c3cc(S(=O)(=O)N(C)C)ccc3Cl)nc12.